The Balaban J connectivity index is 5.50. The lowest BCUT2D eigenvalue weighted by Gasteiger charge is -2.33. The lowest BCUT2D eigenvalue weighted by atomic mass is 10.5. The van der Waals surface area contributed by atoms with Gasteiger partial charge in [-0.25, -0.2) is 0 Å². The van der Waals surface area contributed by atoms with E-state index >= 15 is 0 Å². The predicted molar refractivity (Wildman–Crippen MR) is 77.6 cm³/mol. The van der Waals surface area contributed by atoms with E-state index in [4.69, 9.17) is 69.6 Å². The second-order valence-electron chi connectivity index (χ2n) is 3.92. The third kappa shape index (κ3) is 9.12. The van der Waals surface area contributed by atoms with E-state index in [0.29, 0.717) is 0 Å². The van der Waals surface area contributed by atoms with Gasteiger partial charge in [-0.05, 0) is 0 Å². The normalized spacial score (nSPS) is 16.2. The van der Waals surface area contributed by atoms with Gasteiger partial charge in [-0.1, -0.05) is 69.6 Å². The number of nitrogens with one attached hydrogen (secondary N) is 2. The summed E-state index contributed by atoms with van der Waals surface area (Å²) in [6, 6.07) is 0. The van der Waals surface area contributed by atoms with Gasteiger partial charge in [0, 0.05) is 0 Å². The molecule has 2 N–H and O–H groups in total. The fourth-order valence-electron chi connectivity index (χ4n) is 0.924. The van der Waals surface area contributed by atoms with Crippen LogP contribution < -0.4 is 10.6 Å². The Hall–Kier alpha value is 0.220. The quantitative estimate of drug-likeness (QED) is 0.349. The highest BCUT2D eigenvalue weighted by Gasteiger charge is 2.49. The molecule has 0 aliphatic rings. The molecule has 25 heavy (non-hydrogen) atoms. The summed E-state index contributed by atoms with van der Waals surface area (Å²) in [5.41, 5.74) is 0. The van der Waals surface area contributed by atoms with Crippen molar-refractivity contribution in [1.29, 1.82) is 0 Å². The molecule has 0 saturated carbocycles. The van der Waals surface area contributed by atoms with E-state index in [-0.39, 0.29) is 0 Å². The number of alkyl halides is 12. The zero-order valence-electron chi connectivity index (χ0n) is 10.9. The molecule has 0 rings (SSSR count). The van der Waals surface area contributed by atoms with E-state index in [1.54, 1.807) is 0 Å². The summed E-state index contributed by atoms with van der Waals surface area (Å²) in [6.45, 7) is 0. The molecule has 0 aromatic carbocycles. The summed E-state index contributed by atoms with van der Waals surface area (Å²) in [4.78, 5) is 21.8. The van der Waals surface area contributed by atoms with Gasteiger partial charge in [-0.2, -0.15) is 26.3 Å². The second-order valence-corrected chi connectivity index (χ2v) is 8.66. The lowest BCUT2D eigenvalue weighted by molar-refractivity contribution is -0.184. The van der Waals surface area contributed by atoms with Crippen LogP contribution in [-0.2, 0) is 14.3 Å². The van der Waals surface area contributed by atoms with E-state index in [2.05, 4.69) is 4.74 Å². The number of hydrogen-bond donors (Lipinski definition) is 2. The fraction of sp³-hybridized carbons (Fsp3) is 0.750. The van der Waals surface area contributed by atoms with Crippen LogP contribution in [-0.4, -0.2) is 44.2 Å². The van der Waals surface area contributed by atoms with Crippen molar-refractivity contribution in [1.82, 2.24) is 10.6 Å². The molecule has 148 valence electrons. The average molecular weight is 503 g/mol. The number of halogens is 12. The van der Waals surface area contributed by atoms with Gasteiger partial charge < -0.3 is 15.4 Å². The molecule has 0 aromatic heterocycles. The molecule has 2 atom stereocenters. The monoisotopic (exact) mass is 500 g/mol. The number of hydrogen-bond acceptors (Lipinski definition) is 3. The molecule has 0 spiro atoms. The van der Waals surface area contributed by atoms with Gasteiger partial charge in [-0.15, -0.1) is 0 Å². The molecule has 5 nitrogen and oxygen atoms in total. The van der Waals surface area contributed by atoms with Crippen LogP contribution in [0.4, 0.5) is 26.3 Å². The Morgan fingerprint density at radius 1 is 0.680 bits per heavy atom. The van der Waals surface area contributed by atoms with Crippen molar-refractivity contribution in [2.24, 2.45) is 0 Å². The first-order valence-electron chi connectivity index (χ1n) is 5.30. The smallest absolute Gasteiger partial charge is 0.326 e. The topological polar surface area (TPSA) is 67.4 Å². The second kappa shape index (κ2) is 8.49. The molecule has 17 heteroatoms. The molecule has 0 radical (unpaired) electrons. The van der Waals surface area contributed by atoms with Crippen LogP contribution in [0.3, 0.4) is 0 Å². The van der Waals surface area contributed by atoms with Crippen LogP contribution in [0.1, 0.15) is 0 Å². The molecule has 0 saturated heterocycles. The minimum Gasteiger partial charge on any atom is -0.326 e. The van der Waals surface area contributed by atoms with Gasteiger partial charge in [0.05, 0.1) is 0 Å². The summed E-state index contributed by atoms with van der Waals surface area (Å²) < 4.78 is 72.2. The lowest BCUT2D eigenvalue weighted by Crippen LogP contribution is -2.57. The number of carbonyl (C=O) groups is 2. The van der Waals surface area contributed by atoms with Crippen LogP contribution in [0, 0.1) is 0 Å². The molecular weight excluding hydrogens is 499 g/mol. The standard InChI is InChI=1S/C8H4Cl6F6N2O3/c9-5(10,11)3(21-1(23)7(15,16)17)25-4(6(12,13)14)22-2(24)8(18,19)20/h3-4H,(H,21,23)(H,22,24). The summed E-state index contributed by atoms with van der Waals surface area (Å²) in [7, 11) is 0. The summed E-state index contributed by atoms with van der Waals surface area (Å²) in [5.74, 6) is -5.37. The third-order valence-corrected chi connectivity index (χ3v) is 3.10. The molecule has 0 heterocycles. The highest BCUT2D eigenvalue weighted by atomic mass is 35.6. The minimum absolute atomic E-state index is 1.02. The van der Waals surface area contributed by atoms with E-state index in [9.17, 15) is 35.9 Å². The zero-order chi connectivity index (χ0) is 20.4. The Kier molecular flexibility index (Phi) is 8.56. The summed E-state index contributed by atoms with van der Waals surface area (Å²) in [5, 5.41) is 2.04. The van der Waals surface area contributed by atoms with Gasteiger partial charge in [0.1, 0.15) is 0 Å². The Bertz CT molecular complexity index is 459. The van der Waals surface area contributed by atoms with E-state index in [0.717, 1.165) is 10.6 Å². The Labute approximate surface area is 165 Å². The number of ether oxygens (including phenoxy) is 1. The minimum atomic E-state index is -5.47. The molecular formula is C8H4Cl6F6N2O3. The molecule has 2 amide bonds. The van der Waals surface area contributed by atoms with Crippen molar-refractivity contribution < 1.29 is 40.7 Å². The Morgan fingerprint density at radius 2 is 0.920 bits per heavy atom. The first-order chi connectivity index (χ1) is 10.8. The number of amides is 2. The fourth-order valence-corrected chi connectivity index (χ4v) is 1.56. The number of rotatable bonds is 4. The van der Waals surface area contributed by atoms with E-state index in [1.165, 1.54) is 0 Å². The number of carbonyl (C=O) groups excluding carboxylic acids is 2. The Morgan fingerprint density at radius 3 is 1.08 bits per heavy atom. The van der Waals surface area contributed by atoms with Crippen molar-refractivity contribution in [2.45, 2.75) is 32.4 Å². The van der Waals surface area contributed by atoms with Gasteiger partial charge >= 0.3 is 24.2 Å². The van der Waals surface area contributed by atoms with Crippen molar-refractivity contribution in [3.8, 4) is 0 Å². The van der Waals surface area contributed by atoms with Crippen molar-refractivity contribution >= 4 is 81.4 Å². The van der Waals surface area contributed by atoms with Crippen LogP contribution in [0.2, 0.25) is 0 Å². The molecule has 0 aliphatic carbocycles. The highest BCUT2D eigenvalue weighted by molar-refractivity contribution is 6.68. The maximum absolute atomic E-state index is 12.2. The van der Waals surface area contributed by atoms with Gasteiger partial charge in [0.15, 0.2) is 12.5 Å². The van der Waals surface area contributed by atoms with Crippen LogP contribution in [0.25, 0.3) is 0 Å². The van der Waals surface area contributed by atoms with Crippen molar-refractivity contribution in [3.05, 3.63) is 0 Å². The van der Waals surface area contributed by atoms with E-state index < -0.39 is 44.2 Å². The first kappa shape index (κ1) is 25.2. The van der Waals surface area contributed by atoms with Gasteiger partial charge in [0.25, 0.3) is 0 Å². The molecule has 0 aromatic rings. The first-order valence-corrected chi connectivity index (χ1v) is 7.57. The van der Waals surface area contributed by atoms with Gasteiger partial charge in [0.2, 0.25) is 7.59 Å². The van der Waals surface area contributed by atoms with Crippen LogP contribution in [0.15, 0.2) is 0 Å². The molecule has 2 unspecified atom stereocenters. The van der Waals surface area contributed by atoms with Crippen LogP contribution >= 0.6 is 69.6 Å². The maximum Gasteiger partial charge on any atom is 0.471 e. The third-order valence-electron chi connectivity index (χ3n) is 1.91. The van der Waals surface area contributed by atoms with Crippen molar-refractivity contribution in [3.63, 3.8) is 0 Å². The molecule has 0 aliphatic heterocycles. The van der Waals surface area contributed by atoms with Gasteiger partial charge in [-0.3, -0.25) is 9.59 Å². The maximum atomic E-state index is 12.2. The summed E-state index contributed by atoms with van der Waals surface area (Å²) in [6.07, 6.45) is -16.1. The SMILES string of the molecule is O=C(NC(OC(NC(=O)C(F)(F)F)C(Cl)(Cl)Cl)C(Cl)(Cl)Cl)C(F)(F)F. The van der Waals surface area contributed by atoms with Crippen molar-refractivity contribution in [2.75, 3.05) is 0 Å². The van der Waals surface area contributed by atoms with E-state index in [1.807, 2.05) is 0 Å². The largest absolute Gasteiger partial charge is 0.471 e. The van der Waals surface area contributed by atoms with Crippen LogP contribution in [0.5, 0.6) is 0 Å². The average Bonchev–Trinajstić information content (AvgIpc) is 2.31. The molecule has 0 bridgehead atoms. The summed E-state index contributed by atoms with van der Waals surface area (Å²) >= 11 is 31.6. The molecule has 0 fully saturated rings. The predicted octanol–water partition coefficient (Wildman–Crippen LogP) is 3.75. The highest BCUT2D eigenvalue weighted by Crippen LogP contribution is 2.37. The zero-order valence-corrected chi connectivity index (χ0v) is 15.5.